The van der Waals surface area contributed by atoms with Crippen molar-refractivity contribution >= 4 is 0 Å². The molecule has 0 unspecified atom stereocenters. The van der Waals surface area contributed by atoms with Crippen molar-refractivity contribution in [1.29, 1.82) is 0 Å². The first-order valence-electron chi connectivity index (χ1n) is 6.28. The molecule has 4 heteroatoms. The highest BCUT2D eigenvalue weighted by Crippen LogP contribution is 2.29. The molecule has 0 bridgehead atoms. The number of methoxy groups -OCH3 is 1. The van der Waals surface area contributed by atoms with E-state index in [1.807, 2.05) is 13.2 Å². The second-order valence-corrected chi connectivity index (χ2v) is 4.44. The van der Waals surface area contributed by atoms with Gasteiger partial charge in [-0.1, -0.05) is 12.8 Å². The molecule has 0 aromatic carbocycles. The number of nitrogens with one attached hydrogen (secondary N) is 1. The Kier molecular flexibility index (Phi) is 4.34. The average Bonchev–Trinajstić information content (AvgIpc) is 2.63. The van der Waals surface area contributed by atoms with Crippen LogP contribution >= 0.6 is 0 Å². The molecule has 0 saturated carbocycles. The van der Waals surface area contributed by atoms with E-state index in [4.69, 9.17) is 4.74 Å². The fourth-order valence-electron chi connectivity index (χ4n) is 2.45. The summed E-state index contributed by atoms with van der Waals surface area (Å²) in [5.41, 5.74) is 4.53. The van der Waals surface area contributed by atoms with Gasteiger partial charge in [-0.2, -0.15) is 0 Å². The normalized spacial score (nSPS) is 22.1. The van der Waals surface area contributed by atoms with Gasteiger partial charge in [0.25, 0.3) is 0 Å². The van der Waals surface area contributed by atoms with Crippen molar-refractivity contribution in [1.82, 2.24) is 15.4 Å². The third-order valence-electron chi connectivity index (χ3n) is 3.39. The van der Waals surface area contributed by atoms with Gasteiger partial charge in [0.15, 0.2) is 0 Å². The molecular formula is C13H21N3O. The highest BCUT2D eigenvalue weighted by Gasteiger charge is 2.22. The van der Waals surface area contributed by atoms with Crippen molar-refractivity contribution in [2.24, 2.45) is 0 Å². The molecule has 0 radical (unpaired) electrons. The molecule has 1 aromatic heterocycles. The smallest absolute Gasteiger partial charge is 0.137 e. The minimum atomic E-state index is 0.407. The number of ether oxygens (including phenoxy) is 1. The quantitative estimate of drug-likeness (QED) is 0.871. The third kappa shape index (κ3) is 2.96. The van der Waals surface area contributed by atoms with E-state index in [0.717, 1.165) is 12.3 Å². The van der Waals surface area contributed by atoms with Crippen LogP contribution in [0, 0.1) is 0 Å². The summed E-state index contributed by atoms with van der Waals surface area (Å²) in [5, 5.41) is 2.31. The van der Waals surface area contributed by atoms with Gasteiger partial charge in [-0.15, -0.1) is 0 Å². The molecule has 4 nitrogen and oxygen atoms in total. The van der Waals surface area contributed by atoms with E-state index in [1.165, 1.54) is 31.2 Å². The topological polar surface area (TPSA) is 37.4 Å². The zero-order valence-electron chi connectivity index (χ0n) is 10.6. The summed E-state index contributed by atoms with van der Waals surface area (Å²) in [7, 11) is 3.68. The molecule has 2 rings (SSSR count). The van der Waals surface area contributed by atoms with Gasteiger partial charge in [0.1, 0.15) is 5.75 Å². The van der Waals surface area contributed by atoms with Gasteiger partial charge in [0, 0.05) is 12.7 Å². The second-order valence-electron chi connectivity index (χ2n) is 4.44. The van der Waals surface area contributed by atoms with Gasteiger partial charge < -0.3 is 4.74 Å². The van der Waals surface area contributed by atoms with Gasteiger partial charge >= 0.3 is 0 Å². The lowest BCUT2D eigenvalue weighted by Crippen LogP contribution is -2.38. The summed E-state index contributed by atoms with van der Waals surface area (Å²) < 4.78 is 5.24. The van der Waals surface area contributed by atoms with Crippen molar-refractivity contribution in [3.63, 3.8) is 0 Å². The zero-order valence-corrected chi connectivity index (χ0v) is 10.6. The lowest BCUT2D eigenvalue weighted by molar-refractivity contribution is 0.142. The van der Waals surface area contributed by atoms with Crippen LogP contribution in [0.3, 0.4) is 0 Å². The van der Waals surface area contributed by atoms with Gasteiger partial charge in [-0.25, -0.2) is 5.01 Å². The number of hydrazine groups is 1. The number of pyridine rings is 1. The Balaban J connectivity index is 2.21. The Morgan fingerprint density at radius 1 is 1.35 bits per heavy atom. The van der Waals surface area contributed by atoms with E-state index in [-0.39, 0.29) is 0 Å². The Morgan fingerprint density at radius 2 is 2.24 bits per heavy atom. The molecular weight excluding hydrogens is 214 g/mol. The molecule has 1 aliphatic heterocycles. The standard InChI is InChI=1S/C13H21N3O/c1-14-16-7-5-3-4-6-13(16)11-8-12(17-2)10-15-9-11/h8-10,13-14H,3-7H2,1-2H3/t13-/m1/s1. The number of nitrogens with zero attached hydrogens (tertiary/aromatic N) is 2. The minimum Gasteiger partial charge on any atom is -0.495 e. The zero-order chi connectivity index (χ0) is 12.1. The maximum absolute atomic E-state index is 5.24. The highest BCUT2D eigenvalue weighted by molar-refractivity contribution is 5.26. The van der Waals surface area contributed by atoms with Crippen molar-refractivity contribution in [3.8, 4) is 5.75 Å². The van der Waals surface area contributed by atoms with E-state index in [9.17, 15) is 0 Å². The summed E-state index contributed by atoms with van der Waals surface area (Å²) in [6.45, 7) is 1.10. The molecule has 1 fully saturated rings. The van der Waals surface area contributed by atoms with Gasteiger partial charge in [0.05, 0.1) is 19.3 Å². The van der Waals surface area contributed by atoms with Gasteiger partial charge in [0.2, 0.25) is 0 Å². The maximum atomic E-state index is 5.24. The number of hydrogen-bond donors (Lipinski definition) is 1. The number of hydrogen-bond acceptors (Lipinski definition) is 4. The number of rotatable bonds is 3. The third-order valence-corrected chi connectivity index (χ3v) is 3.39. The van der Waals surface area contributed by atoms with Crippen LogP contribution in [0.1, 0.15) is 37.3 Å². The fourth-order valence-corrected chi connectivity index (χ4v) is 2.45. The molecule has 1 saturated heterocycles. The van der Waals surface area contributed by atoms with E-state index in [0.29, 0.717) is 6.04 Å². The summed E-state index contributed by atoms with van der Waals surface area (Å²) in [5.74, 6) is 0.836. The predicted molar refractivity (Wildman–Crippen MR) is 67.8 cm³/mol. The van der Waals surface area contributed by atoms with Crippen molar-refractivity contribution in [3.05, 3.63) is 24.0 Å². The predicted octanol–water partition coefficient (Wildman–Crippen LogP) is 2.14. The van der Waals surface area contributed by atoms with Crippen LogP contribution in [-0.2, 0) is 0 Å². The Bertz CT molecular complexity index is 356. The van der Waals surface area contributed by atoms with Crippen LogP contribution < -0.4 is 10.2 Å². The van der Waals surface area contributed by atoms with E-state index in [2.05, 4.69) is 21.5 Å². The Hall–Kier alpha value is -1.13. The average molecular weight is 235 g/mol. The van der Waals surface area contributed by atoms with Crippen molar-refractivity contribution in [2.75, 3.05) is 20.7 Å². The molecule has 0 spiro atoms. The molecule has 0 aliphatic carbocycles. The highest BCUT2D eigenvalue weighted by atomic mass is 16.5. The van der Waals surface area contributed by atoms with Crippen LogP contribution in [-0.4, -0.2) is 30.7 Å². The first kappa shape index (κ1) is 12.3. The first-order valence-corrected chi connectivity index (χ1v) is 6.28. The summed E-state index contributed by atoms with van der Waals surface area (Å²) >= 11 is 0. The molecule has 2 heterocycles. The SMILES string of the molecule is CNN1CCCCC[C@@H]1c1cncc(OC)c1. The van der Waals surface area contributed by atoms with Crippen molar-refractivity contribution in [2.45, 2.75) is 31.7 Å². The molecule has 17 heavy (non-hydrogen) atoms. The Labute approximate surface area is 103 Å². The molecule has 0 amide bonds. The monoisotopic (exact) mass is 235 g/mol. The van der Waals surface area contributed by atoms with Crippen molar-refractivity contribution < 1.29 is 4.74 Å². The van der Waals surface area contributed by atoms with Crippen LogP contribution in [0.25, 0.3) is 0 Å². The first-order chi connectivity index (χ1) is 8.35. The van der Waals surface area contributed by atoms with Crippen LogP contribution in [0.15, 0.2) is 18.5 Å². The molecule has 94 valence electrons. The van der Waals surface area contributed by atoms with E-state index < -0.39 is 0 Å². The summed E-state index contributed by atoms with van der Waals surface area (Å²) in [6.07, 6.45) is 8.73. The van der Waals surface area contributed by atoms with Crippen LogP contribution in [0.5, 0.6) is 5.75 Å². The minimum absolute atomic E-state index is 0.407. The second kappa shape index (κ2) is 5.98. The number of aromatic nitrogens is 1. The fraction of sp³-hybridized carbons (Fsp3) is 0.615. The molecule has 1 aromatic rings. The van der Waals surface area contributed by atoms with E-state index >= 15 is 0 Å². The van der Waals surface area contributed by atoms with Gasteiger partial charge in [-0.3, -0.25) is 10.4 Å². The van der Waals surface area contributed by atoms with Crippen LogP contribution in [0.4, 0.5) is 0 Å². The molecule has 1 atom stereocenters. The summed E-state index contributed by atoms with van der Waals surface area (Å²) in [4.78, 5) is 4.25. The molecule has 1 aliphatic rings. The lowest BCUT2D eigenvalue weighted by Gasteiger charge is -2.29. The maximum Gasteiger partial charge on any atom is 0.137 e. The lowest BCUT2D eigenvalue weighted by atomic mass is 10.0. The Morgan fingerprint density at radius 3 is 3.00 bits per heavy atom. The molecule has 1 N–H and O–H groups in total. The summed E-state index contributed by atoms with van der Waals surface area (Å²) in [6, 6.07) is 2.50. The van der Waals surface area contributed by atoms with Gasteiger partial charge in [-0.05, 0) is 31.5 Å². The van der Waals surface area contributed by atoms with E-state index in [1.54, 1.807) is 13.3 Å². The largest absolute Gasteiger partial charge is 0.495 e. The van der Waals surface area contributed by atoms with Crippen LogP contribution in [0.2, 0.25) is 0 Å².